The Balaban J connectivity index is 0.00000186. The number of aromatic nitrogens is 4. The third kappa shape index (κ3) is 6.12. The fourth-order valence-electron chi connectivity index (χ4n) is 4.70. The summed E-state index contributed by atoms with van der Waals surface area (Å²) in [5.74, 6) is 1.31. The van der Waals surface area contributed by atoms with Gasteiger partial charge in [0.1, 0.15) is 0 Å². The summed E-state index contributed by atoms with van der Waals surface area (Å²) in [7, 11) is 8.65. The summed E-state index contributed by atoms with van der Waals surface area (Å²) < 4.78 is 8.13. The number of rotatable bonds is 6. The molecule has 6 heteroatoms. The standard InChI is InChI=1S/C31H39N4.ClH.Pt/c1-20(2)25-15-29(21(3)4)31(30(16-25)22(5)6)26-13-27(34-12-11-32(9)18-34)17-28(14-26)35-19-33(10)23(7)24(35)8;;/h11-16,20-22H,1-10H3;1H;/q-1;;+1/p-1. The van der Waals surface area contributed by atoms with Crippen molar-refractivity contribution in [3.63, 3.8) is 0 Å². The summed E-state index contributed by atoms with van der Waals surface area (Å²) in [5, 5.41) is 0. The van der Waals surface area contributed by atoms with Crippen LogP contribution >= 0.6 is 9.42 Å². The number of imidazole rings is 2. The summed E-state index contributed by atoms with van der Waals surface area (Å²) in [6.07, 6.45) is 10.9. The average molecular weight is 698 g/mol. The summed E-state index contributed by atoms with van der Waals surface area (Å²) in [6.45, 7) is 18.1. The Bertz CT molecular complexity index is 1350. The van der Waals surface area contributed by atoms with Gasteiger partial charge in [0.15, 0.2) is 0 Å². The molecule has 0 fully saturated rings. The van der Waals surface area contributed by atoms with Crippen LogP contribution in [0.1, 0.15) is 87.4 Å². The molecule has 0 aliphatic heterocycles. The molecule has 0 saturated heterocycles. The molecule has 4 rings (SSSR count). The van der Waals surface area contributed by atoms with Gasteiger partial charge in [-0.3, -0.25) is 0 Å². The molecule has 2 aromatic heterocycles. The summed E-state index contributed by atoms with van der Waals surface area (Å²) in [5.41, 5.74) is 11.1. The van der Waals surface area contributed by atoms with E-state index < -0.39 is 0 Å². The second-order valence-corrected chi connectivity index (χ2v) is 10.7. The molecule has 0 spiro atoms. The third-order valence-corrected chi connectivity index (χ3v) is 7.08. The molecule has 0 aliphatic carbocycles. The second-order valence-electron chi connectivity index (χ2n) is 10.7. The third-order valence-electron chi connectivity index (χ3n) is 7.08. The molecule has 4 nitrogen and oxygen atoms in total. The van der Waals surface area contributed by atoms with Gasteiger partial charge < -0.3 is 18.3 Å². The second kappa shape index (κ2) is 12.1. The Morgan fingerprint density at radius 1 is 0.811 bits per heavy atom. The van der Waals surface area contributed by atoms with E-state index in [1.807, 2.05) is 40.2 Å². The normalized spacial score (nSPS) is 11.5. The Kier molecular flexibility index (Phi) is 9.64. The van der Waals surface area contributed by atoms with Gasteiger partial charge in [-0.15, -0.1) is 5.56 Å². The van der Waals surface area contributed by atoms with E-state index in [2.05, 4.69) is 112 Å². The Labute approximate surface area is 238 Å². The first-order chi connectivity index (χ1) is 17.5. The number of nitrogens with zero attached hydrogens (tertiary/aromatic N) is 4. The van der Waals surface area contributed by atoms with Crippen molar-refractivity contribution in [2.45, 2.75) is 73.1 Å². The predicted octanol–water partition coefficient (Wildman–Crippen LogP) is 6.66. The monoisotopic (exact) mass is 697 g/mol. The SMILES string of the molecule is Cc1c(C)[n+](-c2[c-]c(-[n+]3[c-]n(C)cc3)cc(-c3c(C(C)C)cc(C(C)C)cc3C(C)C)c2)[c-]n1C.[Cl][Pt]. The van der Waals surface area contributed by atoms with Crippen LogP contribution in [0.25, 0.3) is 22.5 Å². The van der Waals surface area contributed by atoms with Gasteiger partial charge in [0.2, 0.25) is 12.7 Å². The quantitative estimate of drug-likeness (QED) is 0.159. The number of hydrogen-bond acceptors (Lipinski definition) is 0. The molecular weight excluding hydrogens is 659 g/mol. The van der Waals surface area contributed by atoms with E-state index in [9.17, 15) is 0 Å². The summed E-state index contributed by atoms with van der Waals surface area (Å²) in [4.78, 5) is 0. The van der Waals surface area contributed by atoms with Crippen molar-refractivity contribution in [2.75, 3.05) is 0 Å². The first-order valence-corrected chi connectivity index (χ1v) is 15.6. The van der Waals surface area contributed by atoms with Crippen LogP contribution in [0.2, 0.25) is 0 Å². The van der Waals surface area contributed by atoms with Crippen LogP contribution in [0.5, 0.6) is 0 Å². The molecule has 0 N–H and O–H groups in total. The average Bonchev–Trinajstić information content (AvgIpc) is 3.42. The number of halogens is 1. The van der Waals surface area contributed by atoms with Crippen LogP contribution in [0.15, 0.2) is 36.7 Å². The van der Waals surface area contributed by atoms with Crippen LogP contribution in [-0.2, 0) is 32.9 Å². The molecule has 0 saturated carbocycles. The van der Waals surface area contributed by atoms with E-state index in [0.717, 1.165) is 17.1 Å². The van der Waals surface area contributed by atoms with Crippen molar-refractivity contribution in [3.05, 3.63) is 83.5 Å². The van der Waals surface area contributed by atoms with E-state index in [1.165, 1.54) is 33.5 Å². The molecule has 0 aliphatic rings. The maximum atomic E-state index is 4.61. The number of aryl methyl sites for hydroxylation is 2. The molecule has 2 aromatic carbocycles. The molecule has 0 radical (unpaired) electrons. The van der Waals surface area contributed by atoms with Crippen molar-refractivity contribution in [3.8, 4) is 22.5 Å². The predicted molar refractivity (Wildman–Crippen MR) is 147 cm³/mol. The minimum atomic E-state index is 0.410. The minimum absolute atomic E-state index is 0.410. The van der Waals surface area contributed by atoms with E-state index in [-0.39, 0.29) is 0 Å². The zero-order valence-electron chi connectivity index (χ0n) is 23.7. The van der Waals surface area contributed by atoms with E-state index >= 15 is 0 Å². The molecule has 0 amide bonds. The molecule has 37 heavy (non-hydrogen) atoms. The zero-order valence-corrected chi connectivity index (χ0v) is 26.7. The molecule has 4 aromatic rings. The van der Waals surface area contributed by atoms with Crippen LogP contribution in [0.4, 0.5) is 0 Å². The molecule has 0 atom stereocenters. The molecule has 0 bridgehead atoms. The summed E-state index contributed by atoms with van der Waals surface area (Å²) >= 11 is 1.61. The van der Waals surface area contributed by atoms with Crippen molar-refractivity contribution >= 4 is 9.42 Å². The summed E-state index contributed by atoms with van der Waals surface area (Å²) in [6, 6.07) is 13.0. The van der Waals surface area contributed by atoms with E-state index in [1.54, 1.807) is 18.8 Å². The van der Waals surface area contributed by atoms with Crippen molar-refractivity contribution in [1.29, 1.82) is 0 Å². The topological polar surface area (TPSA) is 17.6 Å². The molecule has 0 unspecified atom stereocenters. The van der Waals surface area contributed by atoms with Crippen LogP contribution in [0, 0.1) is 32.6 Å². The van der Waals surface area contributed by atoms with Crippen molar-refractivity contribution in [2.24, 2.45) is 14.1 Å². The molecule has 2 heterocycles. The fourth-order valence-corrected chi connectivity index (χ4v) is 4.70. The van der Waals surface area contributed by atoms with Gasteiger partial charge in [-0.05, 0) is 53.9 Å². The van der Waals surface area contributed by atoms with Crippen molar-refractivity contribution in [1.82, 2.24) is 9.13 Å². The number of hydrogen-bond donors (Lipinski definition) is 0. The maximum absolute atomic E-state index is 4.61. The Morgan fingerprint density at radius 3 is 1.81 bits per heavy atom. The van der Waals surface area contributed by atoms with Gasteiger partial charge in [0.05, 0.1) is 14.1 Å². The first-order valence-electron chi connectivity index (χ1n) is 12.8. The molecule has 201 valence electrons. The van der Waals surface area contributed by atoms with Crippen LogP contribution < -0.4 is 9.13 Å². The first kappa shape index (κ1) is 29.4. The van der Waals surface area contributed by atoms with Crippen LogP contribution in [-0.4, -0.2) is 9.13 Å². The fraction of sp³-hybridized carbons (Fsp3) is 0.419. The van der Waals surface area contributed by atoms with E-state index in [4.69, 9.17) is 0 Å². The van der Waals surface area contributed by atoms with Gasteiger partial charge in [0, 0.05) is 23.8 Å². The van der Waals surface area contributed by atoms with Crippen LogP contribution in [0.3, 0.4) is 0 Å². The van der Waals surface area contributed by atoms with E-state index in [0.29, 0.717) is 17.8 Å². The zero-order chi connectivity index (χ0) is 27.6. The Morgan fingerprint density at radius 2 is 1.38 bits per heavy atom. The van der Waals surface area contributed by atoms with Gasteiger partial charge in [-0.2, -0.15) is 18.2 Å². The van der Waals surface area contributed by atoms with Gasteiger partial charge >= 0.3 is 28.2 Å². The Hall–Kier alpha value is -2.16. The van der Waals surface area contributed by atoms with Gasteiger partial charge in [-0.25, -0.2) is 0 Å². The van der Waals surface area contributed by atoms with Gasteiger partial charge in [0.25, 0.3) is 0 Å². The number of benzene rings is 2. The van der Waals surface area contributed by atoms with Gasteiger partial charge in [-0.1, -0.05) is 65.0 Å². The molecular formula is C31H39ClN4Pt-. The van der Waals surface area contributed by atoms with Crippen molar-refractivity contribution < 1.29 is 27.9 Å².